The van der Waals surface area contributed by atoms with Crippen LogP contribution in [0.1, 0.15) is 176 Å². The lowest BCUT2D eigenvalue weighted by molar-refractivity contribution is 0.398. The van der Waals surface area contributed by atoms with Crippen molar-refractivity contribution >= 4 is 0 Å². The van der Waals surface area contributed by atoms with Crippen LogP contribution in [-0.4, -0.2) is 0 Å². The lowest BCUT2D eigenvalue weighted by Crippen LogP contribution is -2.06. The van der Waals surface area contributed by atoms with Gasteiger partial charge in [-0.25, -0.2) is 0 Å². The minimum atomic E-state index is 0. The molecule has 0 fully saturated rings. The quantitative estimate of drug-likeness (QED) is 0.331. The zero-order valence-corrected chi connectivity index (χ0v) is 23.1. The van der Waals surface area contributed by atoms with Gasteiger partial charge in [0.05, 0.1) is 0 Å². The lowest BCUT2D eigenvalue weighted by atomic mass is 9.86. The zero-order chi connectivity index (χ0) is 24.2. The Bertz CT molecular complexity index is 293. The maximum Gasteiger partial charge on any atom is -0.0176 e. The molecule has 0 heteroatoms. The van der Waals surface area contributed by atoms with Crippen LogP contribution in [-0.2, 0) is 0 Å². The average Bonchev–Trinajstić information content (AvgIpc) is 2.74. The molecule has 1 aromatic carbocycles. The van der Waals surface area contributed by atoms with Crippen molar-refractivity contribution in [2.45, 2.75) is 176 Å². The van der Waals surface area contributed by atoms with E-state index in [-0.39, 0.29) is 52.0 Å². The topological polar surface area (TPSA) is 0 Å². The number of hydrogen-bond donors (Lipinski definition) is 0. The molecule has 0 N–H and O–H groups in total. The van der Waals surface area contributed by atoms with Crippen molar-refractivity contribution in [3.05, 3.63) is 48.6 Å². The van der Waals surface area contributed by atoms with Crippen LogP contribution in [0.4, 0.5) is 0 Å². The van der Waals surface area contributed by atoms with E-state index in [9.17, 15) is 0 Å². The van der Waals surface area contributed by atoms with Gasteiger partial charge in [-0.3, -0.25) is 0 Å². The normalized spacial score (nSPS) is 6.74. The number of benzene rings is 1. The molecule has 0 amide bonds. The van der Waals surface area contributed by atoms with Crippen LogP contribution in [0.2, 0.25) is 0 Å². The third-order valence-corrected chi connectivity index (χ3v) is 3.21. The monoisotopic (exact) mass is 509 g/mol. The third-order valence-electron chi connectivity index (χ3n) is 3.21. The van der Waals surface area contributed by atoms with Crippen molar-refractivity contribution in [3.63, 3.8) is 0 Å². The summed E-state index contributed by atoms with van der Waals surface area (Å²) in [5, 5.41) is 0. The molecule has 0 spiro atoms. The molecule has 0 nitrogen and oxygen atoms in total. The summed E-state index contributed by atoms with van der Waals surface area (Å²) in [5.41, 5.74) is 2.19. The molecule has 0 radical (unpaired) electrons. The Labute approximate surface area is 234 Å². The molecule has 35 heavy (non-hydrogen) atoms. The fraction of sp³-hybridized carbons (Fsp3) is 0.771. The second-order valence-corrected chi connectivity index (χ2v) is 7.28. The van der Waals surface area contributed by atoms with Gasteiger partial charge in [0.2, 0.25) is 0 Å². The molecule has 0 aliphatic heterocycles. The smallest absolute Gasteiger partial charge is 0.0176 e. The Kier molecular flexibility index (Phi) is 168. The van der Waals surface area contributed by atoms with Crippen LogP contribution in [0.25, 0.3) is 0 Å². The summed E-state index contributed by atoms with van der Waals surface area (Å²) >= 11 is 0. The molecule has 0 saturated heterocycles. The fourth-order valence-corrected chi connectivity index (χ4v) is 0.915. The van der Waals surface area contributed by atoms with Crippen LogP contribution >= 0.6 is 0 Å². The van der Waals surface area contributed by atoms with Gasteiger partial charge in [0.25, 0.3) is 0 Å². The molecule has 0 unspecified atom stereocenters. The fourth-order valence-electron chi connectivity index (χ4n) is 0.915. The van der Waals surface area contributed by atoms with E-state index in [1.54, 1.807) is 0 Å². The summed E-state index contributed by atoms with van der Waals surface area (Å²) in [6, 6.07) is 12.0. The van der Waals surface area contributed by atoms with E-state index in [0.717, 1.165) is 6.42 Å². The van der Waals surface area contributed by atoms with Crippen molar-refractivity contribution < 1.29 is 0 Å². The van der Waals surface area contributed by atoms with Crippen LogP contribution < -0.4 is 0 Å². The van der Waals surface area contributed by atoms with E-state index in [0.29, 0.717) is 10.8 Å². The second-order valence-electron chi connectivity index (χ2n) is 7.28. The van der Waals surface area contributed by atoms with Gasteiger partial charge in [0, 0.05) is 0 Å². The lowest BCUT2D eigenvalue weighted by Gasteiger charge is -2.19. The maximum absolute atomic E-state index is 3.94. The van der Waals surface area contributed by atoms with Crippen LogP contribution in [0, 0.1) is 10.8 Å². The molecule has 228 valence electrons. The highest BCUT2D eigenvalue weighted by Crippen LogP contribution is 2.25. The van der Waals surface area contributed by atoms with Crippen LogP contribution in [0.15, 0.2) is 48.6 Å². The van der Waals surface area contributed by atoms with Crippen LogP contribution in [0.5, 0.6) is 0 Å². The molecule has 0 saturated carbocycles. The van der Waals surface area contributed by atoms with Crippen molar-refractivity contribution in [3.8, 4) is 0 Å². The Morgan fingerprint density at radius 3 is 0.657 bits per heavy atom. The maximum atomic E-state index is 3.94. The molecule has 0 aromatic heterocycles. The molecule has 0 aliphatic rings. The zero-order valence-electron chi connectivity index (χ0n) is 23.1. The minimum Gasteiger partial charge on any atom is -0.0993 e. The van der Waals surface area contributed by atoms with Gasteiger partial charge in [-0.1, -0.05) is 218 Å². The first kappa shape index (κ1) is 84.0. The molecule has 0 aliphatic carbocycles. The largest absolute Gasteiger partial charge is 0.0993 e. The van der Waals surface area contributed by atoms with Crippen molar-refractivity contribution in [1.82, 2.24) is 0 Å². The Morgan fingerprint density at radius 1 is 0.486 bits per heavy atom. The first-order valence-electron chi connectivity index (χ1n) is 11.7. The number of allylic oxidation sites excluding steroid dienone is 1. The third kappa shape index (κ3) is 124. The summed E-state index contributed by atoms with van der Waals surface area (Å²) < 4.78 is 0. The predicted octanol–water partition coefficient (Wildman–Crippen LogP) is 15.7. The van der Waals surface area contributed by atoms with Crippen molar-refractivity contribution in [2.75, 3.05) is 0 Å². The number of rotatable bonds is 1. The van der Waals surface area contributed by atoms with E-state index in [2.05, 4.69) is 62.0 Å². The standard InChI is InChI=1S/C8H16.C6H6.C6H14.4C2H6.7CH4/c1-6-7(2)8(3,4)5;1-2-4-6-5-3-1;1-5-6(2,3)4;4*1-2;;;;;;;/h2,6H2,1,3-5H3;1-6H;5H2,1-4H3;4*1-2H3;7*1H4. The highest BCUT2D eigenvalue weighted by Gasteiger charge is 2.11. The molecule has 0 atom stereocenters. The van der Waals surface area contributed by atoms with Gasteiger partial charge in [0.15, 0.2) is 0 Å². The summed E-state index contributed by atoms with van der Waals surface area (Å²) in [4.78, 5) is 0. The Balaban J connectivity index is -0.0000000152. The summed E-state index contributed by atoms with van der Waals surface area (Å²) in [7, 11) is 0. The first-order valence-corrected chi connectivity index (χ1v) is 11.7. The van der Waals surface area contributed by atoms with Gasteiger partial charge in [-0.2, -0.15) is 0 Å². The van der Waals surface area contributed by atoms with Gasteiger partial charge >= 0.3 is 0 Å². The number of hydrogen-bond acceptors (Lipinski definition) is 0. The van der Waals surface area contributed by atoms with E-state index in [4.69, 9.17) is 0 Å². The average molecular weight is 509 g/mol. The second kappa shape index (κ2) is 69.8. The summed E-state index contributed by atoms with van der Waals surface area (Å²) in [6.45, 7) is 37.6. The van der Waals surface area contributed by atoms with E-state index >= 15 is 0 Å². The molecular formula is C35H88. The molecule has 1 aromatic rings. The predicted molar refractivity (Wildman–Crippen MR) is 188 cm³/mol. The van der Waals surface area contributed by atoms with Gasteiger partial charge in [-0.15, -0.1) is 0 Å². The van der Waals surface area contributed by atoms with E-state index in [1.165, 1.54) is 12.0 Å². The molecular weight excluding hydrogens is 420 g/mol. The Morgan fingerprint density at radius 2 is 0.629 bits per heavy atom. The highest BCUT2D eigenvalue weighted by atomic mass is 14.2. The minimum absolute atomic E-state index is 0. The van der Waals surface area contributed by atoms with Crippen LogP contribution in [0.3, 0.4) is 0 Å². The molecule has 1 rings (SSSR count). The van der Waals surface area contributed by atoms with E-state index < -0.39 is 0 Å². The first-order chi connectivity index (χ1) is 13.0. The van der Waals surface area contributed by atoms with Gasteiger partial charge < -0.3 is 0 Å². The van der Waals surface area contributed by atoms with Crippen molar-refractivity contribution in [2.24, 2.45) is 10.8 Å². The highest BCUT2D eigenvalue weighted by molar-refractivity contribution is 5.03. The summed E-state index contributed by atoms with van der Waals surface area (Å²) in [5.74, 6) is 0. The molecule has 0 heterocycles. The van der Waals surface area contributed by atoms with Gasteiger partial charge in [-0.05, 0) is 17.3 Å². The van der Waals surface area contributed by atoms with Gasteiger partial charge in [0.1, 0.15) is 0 Å². The Hall–Kier alpha value is -1.04. The van der Waals surface area contributed by atoms with E-state index in [1.807, 2.05) is 91.8 Å². The van der Waals surface area contributed by atoms with Crippen molar-refractivity contribution in [1.29, 1.82) is 0 Å². The SMILES string of the molecule is C.C.C.C.C.C.C.C=C(CC)C(C)(C)C.CC.CC.CC.CC.CCC(C)(C)C.c1ccccc1. The summed E-state index contributed by atoms with van der Waals surface area (Å²) in [6.07, 6.45) is 2.37. The molecule has 0 bridgehead atoms.